The molecule has 3 N–H and O–H groups in total. The molecule has 0 heterocycles. The lowest BCUT2D eigenvalue weighted by atomic mass is 9.98. The molecule has 2 unspecified atom stereocenters. The van der Waals surface area contributed by atoms with Crippen LogP contribution in [0.1, 0.15) is 37.4 Å². The Morgan fingerprint density at radius 1 is 0.921 bits per heavy atom. The van der Waals surface area contributed by atoms with Gasteiger partial charge in [0.15, 0.2) is 0 Å². The van der Waals surface area contributed by atoms with Gasteiger partial charge in [0.2, 0.25) is 17.7 Å². The van der Waals surface area contributed by atoms with Gasteiger partial charge in [0.05, 0.1) is 0 Å². The van der Waals surface area contributed by atoms with Crippen molar-refractivity contribution in [3.05, 3.63) is 96.1 Å². The average molecular weight is 515 g/mol. The van der Waals surface area contributed by atoms with E-state index in [-0.39, 0.29) is 17.7 Å². The summed E-state index contributed by atoms with van der Waals surface area (Å²) in [6, 6.07) is 21.5. The summed E-state index contributed by atoms with van der Waals surface area (Å²) in [6.45, 7) is 3.77. The van der Waals surface area contributed by atoms with Crippen LogP contribution in [0.2, 0.25) is 0 Å². The molecule has 200 valence electrons. The maximum Gasteiger partial charge on any atom is 0.247 e. The van der Waals surface area contributed by atoms with Gasteiger partial charge in [0.25, 0.3) is 0 Å². The molecule has 0 saturated carbocycles. The van der Waals surface area contributed by atoms with Gasteiger partial charge in [-0.05, 0) is 48.2 Å². The Bertz CT molecular complexity index is 1300. The molecule has 0 radical (unpaired) electrons. The van der Waals surface area contributed by atoms with Crippen LogP contribution in [0.5, 0.6) is 0 Å². The van der Waals surface area contributed by atoms with E-state index in [1.165, 1.54) is 15.9 Å². The van der Waals surface area contributed by atoms with Crippen LogP contribution < -0.4 is 11.1 Å². The van der Waals surface area contributed by atoms with Crippen molar-refractivity contribution in [1.29, 1.82) is 0 Å². The van der Waals surface area contributed by atoms with E-state index in [4.69, 9.17) is 5.73 Å². The Labute approximate surface area is 225 Å². The third-order valence-corrected chi connectivity index (χ3v) is 6.59. The Morgan fingerprint density at radius 2 is 1.55 bits per heavy atom. The summed E-state index contributed by atoms with van der Waals surface area (Å²) in [7, 11) is 4.77. The summed E-state index contributed by atoms with van der Waals surface area (Å²) < 4.78 is 0. The van der Waals surface area contributed by atoms with Crippen molar-refractivity contribution in [2.75, 3.05) is 21.1 Å². The molecule has 2 atom stereocenters. The van der Waals surface area contributed by atoms with Crippen molar-refractivity contribution in [3.63, 3.8) is 0 Å². The molecule has 0 bridgehead atoms. The molecule has 0 aliphatic carbocycles. The van der Waals surface area contributed by atoms with Gasteiger partial charge >= 0.3 is 0 Å². The summed E-state index contributed by atoms with van der Waals surface area (Å²) in [5.41, 5.74) is 7.20. The van der Waals surface area contributed by atoms with E-state index in [1.54, 1.807) is 27.2 Å². The van der Waals surface area contributed by atoms with Gasteiger partial charge in [0.1, 0.15) is 12.1 Å². The van der Waals surface area contributed by atoms with Crippen LogP contribution >= 0.6 is 0 Å². The molecule has 3 aromatic rings. The molecular formula is C31H38N4O3. The monoisotopic (exact) mass is 514 g/mol. The minimum Gasteiger partial charge on any atom is -0.357 e. The number of fused-ring (bicyclic) bond motifs is 1. The molecule has 0 aliphatic heterocycles. The van der Waals surface area contributed by atoms with Gasteiger partial charge in [-0.1, -0.05) is 78.9 Å². The van der Waals surface area contributed by atoms with Crippen molar-refractivity contribution in [2.24, 2.45) is 5.73 Å². The van der Waals surface area contributed by atoms with Gasteiger partial charge in [0, 0.05) is 33.1 Å². The van der Waals surface area contributed by atoms with Gasteiger partial charge in [-0.25, -0.2) is 0 Å². The summed E-state index contributed by atoms with van der Waals surface area (Å²) in [6.07, 6.45) is 4.00. The molecular weight excluding hydrogens is 476 g/mol. The topological polar surface area (TPSA) is 95.7 Å². The third kappa shape index (κ3) is 7.29. The van der Waals surface area contributed by atoms with Crippen molar-refractivity contribution in [2.45, 2.75) is 44.3 Å². The van der Waals surface area contributed by atoms with E-state index < -0.39 is 17.6 Å². The normalized spacial score (nSPS) is 13.2. The molecule has 0 aromatic heterocycles. The second-order valence-corrected chi connectivity index (χ2v) is 10.3. The molecule has 7 nitrogen and oxygen atoms in total. The zero-order valence-corrected chi connectivity index (χ0v) is 22.8. The molecule has 0 aliphatic rings. The number of carbonyl (C=O) groups is 3. The predicted molar refractivity (Wildman–Crippen MR) is 152 cm³/mol. The smallest absolute Gasteiger partial charge is 0.247 e. The number of amides is 3. The lowest BCUT2D eigenvalue weighted by Crippen LogP contribution is -2.52. The lowest BCUT2D eigenvalue weighted by Gasteiger charge is -2.34. The van der Waals surface area contributed by atoms with Crippen LogP contribution in [0.4, 0.5) is 0 Å². The first-order valence-electron chi connectivity index (χ1n) is 12.7. The van der Waals surface area contributed by atoms with Crippen molar-refractivity contribution >= 4 is 28.5 Å². The van der Waals surface area contributed by atoms with Gasteiger partial charge in [-0.15, -0.1) is 0 Å². The molecule has 3 amide bonds. The number of benzene rings is 3. The minimum atomic E-state index is -0.843. The van der Waals surface area contributed by atoms with E-state index in [9.17, 15) is 14.4 Å². The summed E-state index contributed by atoms with van der Waals surface area (Å²) >= 11 is 0. The number of rotatable bonds is 10. The quantitative estimate of drug-likeness (QED) is 0.402. The molecule has 0 fully saturated rings. The molecule has 3 rings (SSSR count). The summed E-state index contributed by atoms with van der Waals surface area (Å²) in [4.78, 5) is 43.0. The highest BCUT2D eigenvalue weighted by atomic mass is 16.2. The molecule has 3 aromatic carbocycles. The number of likely N-dealkylation sites (N-methyl/N-ethyl adjacent to an activating group) is 3. The summed E-state index contributed by atoms with van der Waals surface area (Å²) in [5, 5.41) is 4.81. The largest absolute Gasteiger partial charge is 0.357 e. The Balaban J connectivity index is 1.97. The molecule has 7 heteroatoms. The zero-order valence-electron chi connectivity index (χ0n) is 22.8. The highest BCUT2D eigenvalue weighted by Gasteiger charge is 2.35. The van der Waals surface area contributed by atoms with Gasteiger partial charge in [-0.3, -0.25) is 14.4 Å². The first kappa shape index (κ1) is 28.6. The fourth-order valence-electron chi connectivity index (χ4n) is 4.40. The van der Waals surface area contributed by atoms with Crippen molar-refractivity contribution in [1.82, 2.24) is 15.1 Å². The highest BCUT2D eigenvalue weighted by molar-refractivity contribution is 5.95. The van der Waals surface area contributed by atoms with E-state index in [0.29, 0.717) is 18.4 Å². The zero-order chi connectivity index (χ0) is 27.9. The van der Waals surface area contributed by atoms with Gasteiger partial charge < -0.3 is 20.9 Å². The van der Waals surface area contributed by atoms with E-state index >= 15 is 0 Å². The number of nitrogens with one attached hydrogen (secondary N) is 1. The van der Waals surface area contributed by atoms with Crippen LogP contribution in [0.15, 0.2) is 84.9 Å². The SMILES string of the molecule is CNC(=O)C(c1ccccc1)N(C)C(=O)C(Cc1ccc2ccccc2c1)N(C)C(=O)C=CCC(C)(C)N. The Hall–Kier alpha value is -3.97. The third-order valence-electron chi connectivity index (χ3n) is 6.59. The number of carbonyl (C=O) groups excluding carboxylic acids is 3. The molecule has 38 heavy (non-hydrogen) atoms. The molecule has 0 saturated heterocycles. The van der Waals surface area contributed by atoms with Crippen LogP contribution in [0, 0.1) is 0 Å². The minimum absolute atomic E-state index is 0.293. The fourth-order valence-corrected chi connectivity index (χ4v) is 4.40. The fraction of sp³-hybridized carbons (Fsp3) is 0.323. The maximum absolute atomic E-state index is 14.0. The average Bonchev–Trinajstić information content (AvgIpc) is 2.90. The van der Waals surface area contributed by atoms with Crippen molar-refractivity contribution in [3.8, 4) is 0 Å². The van der Waals surface area contributed by atoms with E-state index in [1.807, 2.05) is 86.6 Å². The first-order valence-corrected chi connectivity index (χ1v) is 12.7. The van der Waals surface area contributed by atoms with Crippen LogP contribution in [0.3, 0.4) is 0 Å². The van der Waals surface area contributed by atoms with Crippen LogP contribution in [-0.4, -0.2) is 60.2 Å². The predicted octanol–water partition coefficient (Wildman–Crippen LogP) is 3.84. The maximum atomic E-state index is 14.0. The number of hydrogen-bond donors (Lipinski definition) is 2. The van der Waals surface area contributed by atoms with Gasteiger partial charge in [-0.2, -0.15) is 0 Å². The number of nitrogens with two attached hydrogens (primary N) is 1. The van der Waals surface area contributed by atoms with Crippen molar-refractivity contribution < 1.29 is 14.4 Å². The second-order valence-electron chi connectivity index (χ2n) is 10.3. The molecule has 0 spiro atoms. The standard InChI is InChI=1S/C31H38N4O3/c1-31(2,32)19-11-16-27(36)34(4)26(21-22-17-18-23-12-9-10-15-25(23)20-22)30(38)35(5)28(29(37)33-3)24-13-7-6-8-14-24/h6-18,20,26,28H,19,21,32H2,1-5H3,(H,33,37). The Morgan fingerprint density at radius 3 is 2.18 bits per heavy atom. The second kappa shape index (κ2) is 12.5. The van der Waals surface area contributed by atoms with E-state index in [2.05, 4.69) is 5.32 Å². The lowest BCUT2D eigenvalue weighted by molar-refractivity contribution is -0.146. The van der Waals surface area contributed by atoms with Crippen LogP contribution in [-0.2, 0) is 20.8 Å². The Kier molecular flexibility index (Phi) is 9.42. The summed E-state index contributed by atoms with van der Waals surface area (Å²) in [5.74, 6) is -0.951. The van der Waals surface area contributed by atoms with Crippen LogP contribution in [0.25, 0.3) is 10.8 Å². The van der Waals surface area contributed by atoms with E-state index in [0.717, 1.165) is 16.3 Å². The number of nitrogens with zero attached hydrogens (tertiary/aromatic N) is 2. The number of hydrogen-bond acceptors (Lipinski definition) is 4. The highest BCUT2D eigenvalue weighted by Crippen LogP contribution is 2.24. The first-order chi connectivity index (χ1) is 18.0.